The van der Waals surface area contributed by atoms with Crippen molar-refractivity contribution in [2.45, 2.75) is 32.0 Å². The molecule has 2 amide bonds. The van der Waals surface area contributed by atoms with E-state index in [0.29, 0.717) is 31.6 Å². The van der Waals surface area contributed by atoms with E-state index in [1.54, 1.807) is 13.2 Å². The van der Waals surface area contributed by atoms with Crippen LogP contribution in [0.15, 0.2) is 24.3 Å². The third kappa shape index (κ3) is 5.72. The summed E-state index contributed by atoms with van der Waals surface area (Å²) in [4.78, 5) is 25.8. The molecule has 0 spiro atoms. The molecule has 0 aromatic heterocycles. The lowest BCUT2D eigenvalue weighted by molar-refractivity contribution is -0.139. The summed E-state index contributed by atoms with van der Waals surface area (Å²) in [6.45, 7) is 1.32. The van der Waals surface area contributed by atoms with Crippen LogP contribution in [-0.2, 0) is 27.0 Å². The van der Waals surface area contributed by atoms with Gasteiger partial charge in [0, 0.05) is 39.8 Å². The van der Waals surface area contributed by atoms with Crippen molar-refractivity contribution in [3.05, 3.63) is 35.4 Å². The lowest BCUT2D eigenvalue weighted by Gasteiger charge is -2.32. The quantitative estimate of drug-likeness (QED) is 0.749. The number of methoxy groups -OCH3 is 1. The normalized spacial score (nSPS) is 18.1. The number of hydrogen-bond acceptors (Lipinski definition) is 3. The fourth-order valence-electron chi connectivity index (χ4n) is 2.92. The third-order valence-electron chi connectivity index (χ3n) is 4.32. The number of carbonyl (C=O) groups excluding carboxylic acids is 2. The van der Waals surface area contributed by atoms with Crippen molar-refractivity contribution >= 4 is 11.8 Å². The fraction of sp³-hybridized carbons (Fsp3) is 0.556. The molecule has 1 fully saturated rings. The van der Waals surface area contributed by atoms with Gasteiger partial charge < -0.3 is 15.0 Å². The maximum Gasteiger partial charge on any atom is 0.416 e. The van der Waals surface area contributed by atoms with Crippen molar-refractivity contribution in [1.29, 1.82) is 0 Å². The predicted octanol–water partition coefficient (Wildman–Crippen LogP) is 2.60. The van der Waals surface area contributed by atoms with Crippen LogP contribution < -0.4 is 5.32 Å². The molecule has 26 heavy (non-hydrogen) atoms. The van der Waals surface area contributed by atoms with Crippen molar-refractivity contribution in [1.82, 2.24) is 10.2 Å². The first-order chi connectivity index (χ1) is 12.3. The number of nitrogens with one attached hydrogen (secondary N) is 1. The summed E-state index contributed by atoms with van der Waals surface area (Å²) in [6, 6.07) is 4.92. The van der Waals surface area contributed by atoms with Crippen LogP contribution >= 0.6 is 0 Å². The zero-order chi connectivity index (χ0) is 19.2. The molecule has 0 aliphatic carbocycles. The number of nitrogens with zero attached hydrogens (tertiary/aromatic N) is 1. The summed E-state index contributed by atoms with van der Waals surface area (Å²) in [5.74, 6) is -0.630. The van der Waals surface area contributed by atoms with E-state index in [0.717, 1.165) is 12.1 Å². The molecular weight excluding hydrogens is 349 g/mol. The summed E-state index contributed by atoms with van der Waals surface area (Å²) in [7, 11) is 1.58. The maximum absolute atomic E-state index is 12.8. The van der Waals surface area contributed by atoms with Crippen LogP contribution in [0.4, 0.5) is 13.2 Å². The van der Waals surface area contributed by atoms with Gasteiger partial charge in [0.15, 0.2) is 0 Å². The number of halogens is 3. The van der Waals surface area contributed by atoms with Crippen LogP contribution in [-0.4, -0.2) is 43.5 Å². The zero-order valence-corrected chi connectivity index (χ0v) is 14.6. The van der Waals surface area contributed by atoms with Crippen molar-refractivity contribution < 1.29 is 27.5 Å². The highest BCUT2D eigenvalue weighted by Crippen LogP contribution is 2.30. The molecule has 0 bridgehead atoms. The van der Waals surface area contributed by atoms with Crippen LogP contribution in [0.5, 0.6) is 0 Å². The molecule has 1 aliphatic heterocycles. The number of hydrogen-bond donors (Lipinski definition) is 1. The Morgan fingerprint density at radius 2 is 2.15 bits per heavy atom. The van der Waals surface area contributed by atoms with Crippen molar-refractivity contribution in [3.63, 3.8) is 0 Å². The Kier molecular flexibility index (Phi) is 7.02. The molecule has 1 aromatic rings. The Balaban J connectivity index is 1.96. The number of benzene rings is 1. The minimum absolute atomic E-state index is 0.0657. The standard InChI is InChI=1S/C18H23F3N2O3/c1-26-9-3-8-22-17(25)14-6-7-16(24)23(12-14)11-13-4-2-5-15(10-13)18(19,20)21/h2,4-5,10,14H,3,6-9,11-12H2,1H3,(H,22,25)/t14-/m0/s1. The van der Waals surface area contributed by atoms with E-state index in [-0.39, 0.29) is 37.2 Å². The molecular formula is C18H23F3N2O3. The van der Waals surface area contributed by atoms with Crippen molar-refractivity contribution in [2.24, 2.45) is 5.92 Å². The first kappa shape index (κ1) is 20.2. The van der Waals surface area contributed by atoms with E-state index in [1.807, 2.05) is 0 Å². The van der Waals surface area contributed by atoms with Crippen LogP contribution in [0.3, 0.4) is 0 Å². The van der Waals surface area contributed by atoms with E-state index in [2.05, 4.69) is 5.32 Å². The second kappa shape index (κ2) is 9.02. The van der Waals surface area contributed by atoms with E-state index < -0.39 is 11.7 Å². The number of amides is 2. The lowest BCUT2D eigenvalue weighted by atomic mass is 9.96. The number of alkyl halides is 3. The lowest BCUT2D eigenvalue weighted by Crippen LogP contribution is -2.45. The smallest absolute Gasteiger partial charge is 0.385 e. The minimum Gasteiger partial charge on any atom is -0.385 e. The average Bonchev–Trinajstić information content (AvgIpc) is 2.60. The number of ether oxygens (including phenoxy) is 1. The average molecular weight is 372 g/mol. The molecule has 1 heterocycles. The Bertz CT molecular complexity index is 634. The predicted molar refractivity (Wildman–Crippen MR) is 89.1 cm³/mol. The highest BCUT2D eigenvalue weighted by Gasteiger charge is 2.32. The Morgan fingerprint density at radius 1 is 1.38 bits per heavy atom. The molecule has 1 N–H and O–H groups in total. The van der Waals surface area contributed by atoms with Gasteiger partial charge in [0.25, 0.3) is 0 Å². The minimum atomic E-state index is -4.42. The fourth-order valence-corrected chi connectivity index (χ4v) is 2.92. The molecule has 2 rings (SSSR count). The highest BCUT2D eigenvalue weighted by molar-refractivity contribution is 5.83. The maximum atomic E-state index is 12.8. The second-order valence-corrected chi connectivity index (χ2v) is 6.35. The van der Waals surface area contributed by atoms with Gasteiger partial charge in [-0.1, -0.05) is 12.1 Å². The number of likely N-dealkylation sites (tertiary alicyclic amines) is 1. The molecule has 1 aromatic carbocycles. The number of piperidine rings is 1. The van der Waals surface area contributed by atoms with Crippen LogP contribution in [0.2, 0.25) is 0 Å². The summed E-state index contributed by atoms with van der Waals surface area (Å²) < 4.78 is 43.4. The molecule has 1 atom stereocenters. The van der Waals surface area contributed by atoms with E-state index in [1.165, 1.54) is 11.0 Å². The molecule has 0 unspecified atom stereocenters. The summed E-state index contributed by atoms with van der Waals surface area (Å²) in [5.41, 5.74) is -0.346. The molecule has 5 nitrogen and oxygen atoms in total. The molecule has 0 saturated carbocycles. The van der Waals surface area contributed by atoms with Gasteiger partial charge in [0.1, 0.15) is 0 Å². The van der Waals surface area contributed by atoms with E-state index in [4.69, 9.17) is 4.74 Å². The molecule has 144 valence electrons. The van der Waals surface area contributed by atoms with Crippen LogP contribution in [0, 0.1) is 5.92 Å². The van der Waals surface area contributed by atoms with Gasteiger partial charge in [-0.25, -0.2) is 0 Å². The molecule has 1 saturated heterocycles. The Labute approximate surface area is 150 Å². The van der Waals surface area contributed by atoms with Gasteiger partial charge in [0.2, 0.25) is 11.8 Å². The van der Waals surface area contributed by atoms with Gasteiger partial charge in [-0.15, -0.1) is 0 Å². The van der Waals surface area contributed by atoms with Crippen molar-refractivity contribution in [2.75, 3.05) is 26.8 Å². The van der Waals surface area contributed by atoms with Crippen LogP contribution in [0.25, 0.3) is 0 Å². The van der Waals surface area contributed by atoms with E-state index in [9.17, 15) is 22.8 Å². The number of rotatable bonds is 7. The topological polar surface area (TPSA) is 58.6 Å². The van der Waals surface area contributed by atoms with Gasteiger partial charge in [-0.3, -0.25) is 9.59 Å². The van der Waals surface area contributed by atoms with Gasteiger partial charge >= 0.3 is 6.18 Å². The third-order valence-corrected chi connectivity index (χ3v) is 4.32. The summed E-state index contributed by atoms with van der Waals surface area (Å²) in [5, 5.41) is 2.81. The van der Waals surface area contributed by atoms with Gasteiger partial charge in [-0.05, 0) is 30.5 Å². The monoisotopic (exact) mass is 372 g/mol. The van der Waals surface area contributed by atoms with E-state index >= 15 is 0 Å². The van der Waals surface area contributed by atoms with Crippen LogP contribution in [0.1, 0.15) is 30.4 Å². The molecule has 1 aliphatic rings. The van der Waals surface area contributed by atoms with Gasteiger partial charge in [-0.2, -0.15) is 13.2 Å². The first-order valence-corrected chi connectivity index (χ1v) is 8.52. The summed E-state index contributed by atoms with van der Waals surface area (Å²) in [6.07, 6.45) is -3.06. The SMILES string of the molecule is COCCCNC(=O)[C@H]1CCC(=O)N(Cc2cccc(C(F)(F)F)c2)C1. The van der Waals surface area contributed by atoms with Gasteiger partial charge in [0.05, 0.1) is 11.5 Å². The Morgan fingerprint density at radius 3 is 2.85 bits per heavy atom. The number of carbonyl (C=O) groups is 2. The molecule has 0 radical (unpaired) electrons. The second-order valence-electron chi connectivity index (χ2n) is 6.35. The largest absolute Gasteiger partial charge is 0.416 e. The summed E-state index contributed by atoms with van der Waals surface area (Å²) >= 11 is 0. The first-order valence-electron chi connectivity index (χ1n) is 8.52. The zero-order valence-electron chi connectivity index (χ0n) is 14.6. The highest BCUT2D eigenvalue weighted by atomic mass is 19.4. The molecule has 8 heteroatoms. The Hall–Kier alpha value is -2.09. The van der Waals surface area contributed by atoms with Crippen molar-refractivity contribution in [3.8, 4) is 0 Å².